The lowest BCUT2D eigenvalue weighted by Gasteiger charge is -1.99. The van der Waals surface area contributed by atoms with Gasteiger partial charge in [0.15, 0.2) is 5.03 Å². The second-order valence-corrected chi connectivity index (χ2v) is 4.37. The van der Waals surface area contributed by atoms with Crippen LogP contribution in [0.1, 0.15) is 17.9 Å². The fourth-order valence-electron chi connectivity index (χ4n) is 1.74. The maximum absolute atomic E-state index is 12.8. The van der Waals surface area contributed by atoms with Crippen LogP contribution in [0, 0.1) is 6.92 Å². The molecule has 1 aromatic rings. The van der Waals surface area contributed by atoms with Crippen LogP contribution in [-0.2, 0) is 23.2 Å². The molecule has 0 spiro atoms. The molecule has 1 aliphatic heterocycles. The molecule has 13 heavy (non-hydrogen) atoms. The van der Waals surface area contributed by atoms with E-state index in [0.717, 1.165) is 12.8 Å². The van der Waals surface area contributed by atoms with Gasteiger partial charge in [-0.25, -0.2) is 4.98 Å². The number of fused-ring (bicyclic) bond motifs is 1. The third-order valence-corrected chi connectivity index (χ3v) is 3.15. The molecular weight excluding hydrogens is 195 g/mol. The van der Waals surface area contributed by atoms with Crippen LogP contribution in [0.3, 0.4) is 0 Å². The zero-order chi connectivity index (χ0) is 9.64. The molecule has 2 rings (SSSR count). The Morgan fingerprint density at radius 1 is 1.54 bits per heavy atom. The van der Waals surface area contributed by atoms with E-state index in [2.05, 4.69) is 4.98 Å². The minimum absolute atomic E-state index is 0.261. The van der Waals surface area contributed by atoms with Crippen molar-refractivity contribution < 1.29 is 12.3 Å². The Morgan fingerprint density at radius 2 is 2.23 bits per heavy atom. The van der Waals surface area contributed by atoms with Crippen molar-refractivity contribution in [2.75, 3.05) is 0 Å². The first kappa shape index (κ1) is 8.68. The number of aryl methyl sites for hydroxylation is 2. The first-order valence-electron chi connectivity index (χ1n) is 4.01. The molecule has 0 aliphatic carbocycles. The minimum atomic E-state index is -4.61. The molecule has 1 aliphatic rings. The summed E-state index contributed by atoms with van der Waals surface area (Å²) in [5, 5.41) is -0.264. The lowest BCUT2D eigenvalue weighted by atomic mass is 10.4. The minimum Gasteiger partial charge on any atom is -0.317 e. The summed E-state index contributed by atoms with van der Waals surface area (Å²) in [5.74, 6) is 0.675. The lowest BCUT2D eigenvalue weighted by molar-refractivity contribution is 0.534. The average Bonchev–Trinajstić information content (AvgIpc) is 2.41. The summed E-state index contributed by atoms with van der Waals surface area (Å²) in [6.07, 6.45) is 1.57. The van der Waals surface area contributed by atoms with Crippen LogP contribution in [0.2, 0.25) is 0 Å². The Morgan fingerprint density at radius 3 is 2.85 bits per heavy atom. The van der Waals surface area contributed by atoms with E-state index in [1.54, 1.807) is 0 Å². The van der Waals surface area contributed by atoms with Crippen molar-refractivity contribution in [2.45, 2.75) is 31.3 Å². The van der Waals surface area contributed by atoms with Crippen molar-refractivity contribution in [3.05, 3.63) is 11.5 Å². The molecule has 1 aromatic heterocycles. The molecule has 72 valence electrons. The predicted molar refractivity (Wildman–Crippen MR) is 43.6 cm³/mol. The molecule has 0 saturated carbocycles. The van der Waals surface area contributed by atoms with E-state index in [0.29, 0.717) is 12.4 Å². The monoisotopic (exact) mass is 204 g/mol. The quantitative estimate of drug-likeness (QED) is 0.636. The van der Waals surface area contributed by atoms with Crippen LogP contribution in [0.25, 0.3) is 0 Å². The second-order valence-electron chi connectivity index (χ2n) is 3.11. The first-order chi connectivity index (χ1) is 6.00. The molecular formula is C7H9FN2O2S. The van der Waals surface area contributed by atoms with Crippen LogP contribution in [0.15, 0.2) is 5.03 Å². The Kier molecular flexibility index (Phi) is 1.69. The van der Waals surface area contributed by atoms with E-state index < -0.39 is 10.2 Å². The second kappa shape index (κ2) is 2.54. The molecule has 0 unspecified atom stereocenters. The van der Waals surface area contributed by atoms with Gasteiger partial charge in [0, 0.05) is 13.0 Å². The summed E-state index contributed by atoms with van der Waals surface area (Å²) in [6, 6.07) is 0. The maximum atomic E-state index is 12.8. The highest BCUT2D eigenvalue weighted by molar-refractivity contribution is 7.86. The summed E-state index contributed by atoms with van der Waals surface area (Å²) in [7, 11) is -4.61. The molecule has 2 heterocycles. The van der Waals surface area contributed by atoms with E-state index in [-0.39, 0.29) is 10.7 Å². The highest BCUT2D eigenvalue weighted by Crippen LogP contribution is 2.24. The zero-order valence-corrected chi connectivity index (χ0v) is 7.93. The molecule has 0 saturated heterocycles. The van der Waals surface area contributed by atoms with E-state index >= 15 is 0 Å². The van der Waals surface area contributed by atoms with E-state index in [4.69, 9.17) is 0 Å². The van der Waals surface area contributed by atoms with Gasteiger partial charge < -0.3 is 4.57 Å². The van der Waals surface area contributed by atoms with Gasteiger partial charge in [0.2, 0.25) is 0 Å². The van der Waals surface area contributed by atoms with Crippen molar-refractivity contribution in [1.29, 1.82) is 0 Å². The van der Waals surface area contributed by atoms with Crippen LogP contribution < -0.4 is 0 Å². The van der Waals surface area contributed by atoms with Crippen molar-refractivity contribution in [3.63, 3.8) is 0 Å². The van der Waals surface area contributed by atoms with Gasteiger partial charge in [0.05, 0.1) is 5.69 Å². The van der Waals surface area contributed by atoms with Crippen molar-refractivity contribution >= 4 is 10.2 Å². The molecule has 0 fully saturated rings. The number of hydrogen-bond acceptors (Lipinski definition) is 3. The topological polar surface area (TPSA) is 52.0 Å². The van der Waals surface area contributed by atoms with Gasteiger partial charge in [0.25, 0.3) is 0 Å². The van der Waals surface area contributed by atoms with E-state index in [1.807, 2.05) is 0 Å². The Hall–Kier alpha value is -0.910. The Balaban J connectivity index is 2.70. The standard InChI is InChI=1S/C7H9FN2O2S/c1-5-7(13(8,11)12)10-4-2-3-6(10)9-5/h2-4H2,1H3. The smallest absolute Gasteiger partial charge is 0.317 e. The molecule has 0 amide bonds. The van der Waals surface area contributed by atoms with E-state index in [1.165, 1.54) is 11.5 Å². The summed E-state index contributed by atoms with van der Waals surface area (Å²) in [5.41, 5.74) is 0.261. The van der Waals surface area contributed by atoms with Crippen LogP contribution in [0.4, 0.5) is 3.89 Å². The number of hydrogen-bond donors (Lipinski definition) is 0. The first-order valence-corrected chi connectivity index (χ1v) is 5.39. The lowest BCUT2D eigenvalue weighted by Crippen LogP contribution is -2.04. The van der Waals surface area contributed by atoms with E-state index in [9.17, 15) is 12.3 Å². The highest BCUT2D eigenvalue weighted by Gasteiger charge is 2.27. The number of halogens is 1. The number of nitrogens with zero attached hydrogens (tertiary/aromatic N) is 2. The van der Waals surface area contributed by atoms with Gasteiger partial charge in [-0.2, -0.15) is 8.42 Å². The molecule has 6 heteroatoms. The number of rotatable bonds is 1. The molecule has 0 bridgehead atoms. The van der Waals surface area contributed by atoms with Gasteiger partial charge in [-0.1, -0.05) is 3.89 Å². The molecule has 0 aromatic carbocycles. The molecule has 0 atom stereocenters. The fourth-order valence-corrected chi connectivity index (χ4v) is 2.60. The van der Waals surface area contributed by atoms with Crippen molar-refractivity contribution in [1.82, 2.24) is 9.55 Å². The third kappa shape index (κ3) is 1.25. The zero-order valence-electron chi connectivity index (χ0n) is 7.12. The normalized spacial score (nSPS) is 16.2. The Labute approximate surface area is 75.6 Å². The summed E-state index contributed by atoms with van der Waals surface area (Å²) in [6.45, 7) is 2.06. The van der Waals surface area contributed by atoms with Gasteiger partial charge in [-0.15, -0.1) is 0 Å². The van der Waals surface area contributed by atoms with Gasteiger partial charge in [-0.3, -0.25) is 0 Å². The summed E-state index contributed by atoms with van der Waals surface area (Å²) < 4.78 is 35.7. The maximum Gasteiger partial charge on any atom is 0.349 e. The fraction of sp³-hybridized carbons (Fsp3) is 0.571. The van der Waals surface area contributed by atoms with Crippen molar-refractivity contribution in [3.8, 4) is 0 Å². The molecule has 0 N–H and O–H groups in total. The third-order valence-electron chi connectivity index (χ3n) is 2.18. The van der Waals surface area contributed by atoms with Crippen molar-refractivity contribution in [2.24, 2.45) is 0 Å². The number of aromatic nitrogens is 2. The molecule has 4 nitrogen and oxygen atoms in total. The SMILES string of the molecule is Cc1nc2n(c1S(=O)(=O)F)CCC2. The predicted octanol–water partition coefficient (Wildman–Crippen LogP) is 0.796. The highest BCUT2D eigenvalue weighted by atomic mass is 32.3. The van der Waals surface area contributed by atoms with Crippen LogP contribution >= 0.6 is 0 Å². The average molecular weight is 204 g/mol. The van der Waals surface area contributed by atoms with Gasteiger partial charge >= 0.3 is 10.2 Å². The Bertz CT molecular complexity index is 449. The summed E-state index contributed by atoms with van der Waals surface area (Å²) in [4.78, 5) is 4.00. The van der Waals surface area contributed by atoms with Gasteiger partial charge in [-0.05, 0) is 13.3 Å². The van der Waals surface area contributed by atoms with Crippen LogP contribution in [-0.4, -0.2) is 18.0 Å². The molecule has 0 radical (unpaired) electrons. The largest absolute Gasteiger partial charge is 0.349 e. The van der Waals surface area contributed by atoms with Gasteiger partial charge in [0.1, 0.15) is 5.82 Å². The number of imidazole rings is 1. The van der Waals surface area contributed by atoms with Crippen LogP contribution in [0.5, 0.6) is 0 Å². The summed E-state index contributed by atoms with van der Waals surface area (Å²) >= 11 is 0.